The molecule has 0 amide bonds. The molecule has 27 heavy (non-hydrogen) atoms. The van der Waals surface area contributed by atoms with Gasteiger partial charge < -0.3 is 16.2 Å². The Morgan fingerprint density at radius 2 is 1.89 bits per heavy atom. The number of benzene rings is 2. The number of rotatable bonds is 6. The summed E-state index contributed by atoms with van der Waals surface area (Å²) in [7, 11) is 0. The monoisotopic (exact) mass is 404 g/mol. The molecule has 138 valence electrons. The zero-order valence-electron chi connectivity index (χ0n) is 13.8. The van der Waals surface area contributed by atoms with E-state index in [1.165, 1.54) is 6.21 Å². The van der Waals surface area contributed by atoms with E-state index in [1.807, 2.05) is 18.2 Å². The van der Waals surface area contributed by atoms with E-state index in [0.717, 1.165) is 11.1 Å². The third kappa shape index (κ3) is 4.75. The summed E-state index contributed by atoms with van der Waals surface area (Å²) in [5, 5.41) is 15.8. The number of hydrogen-bond donors (Lipinski definition) is 2. The number of nitrogen functional groups attached to an aromatic ring is 1. The van der Waals surface area contributed by atoms with Gasteiger partial charge in [0.2, 0.25) is 0 Å². The van der Waals surface area contributed by atoms with Crippen LogP contribution in [0.4, 0.5) is 5.82 Å². The van der Waals surface area contributed by atoms with Gasteiger partial charge in [-0.25, -0.2) is 4.63 Å². The molecule has 1 heterocycles. The maximum absolute atomic E-state index is 6.14. The van der Waals surface area contributed by atoms with E-state index < -0.39 is 0 Å². The Hall–Kier alpha value is -3.10. The molecule has 0 radical (unpaired) electrons. The van der Waals surface area contributed by atoms with Gasteiger partial charge in [-0.3, -0.25) is 0 Å². The van der Waals surface area contributed by atoms with E-state index in [9.17, 15) is 0 Å². The first-order chi connectivity index (χ1) is 13.0. The van der Waals surface area contributed by atoms with E-state index in [1.54, 1.807) is 24.3 Å². The number of anilines is 1. The Labute approximate surface area is 164 Å². The first-order valence-corrected chi connectivity index (χ1v) is 8.41. The number of amidine groups is 1. The van der Waals surface area contributed by atoms with Crippen molar-refractivity contribution in [2.24, 2.45) is 15.9 Å². The van der Waals surface area contributed by atoms with Crippen molar-refractivity contribution in [1.29, 1.82) is 0 Å². The molecule has 2 aromatic carbocycles. The highest BCUT2D eigenvalue weighted by molar-refractivity contribution is 6.35. The van der Waals surface area contributed by atoms with Crippen LogP contribution in [0, 0.1) is 0 Å². The van der Waals surface area contributed by atoms with Crippen LogP contribution in [-0.2, 0) is 6.61 Å². The topological polar surface area (TPSA) is 125 Å². The van der Waals surface area contributed by atoms with Crippen LogP contribution in [0.5, 0.6) is 5.75 Å². The predicted molar refractivity (Wildman–Crippen MR) is 104 cm³/mol. The van der Waals surface area contributed by atoms with Crippen molar-refractivity contribution in [1.82, 2.24) is 10.3 Å². The maximum atomic E-state index is 6.14. The van der Waals surface area contributed by atoms with Crippen molar-refractivity contribution in [2.45, 2.75) is 6.61 Å². The van der Waals surface area contributed by atoms with Crippen LogP contribution < -0.4 is 16.2 Å². The molecule has 3 rings (SSSR count). The van der Waals surface area contributed by atoms with Crippen LogP contribution >= 0.6 is 23.2 Å². The average Bonchev–Trinajstić information content (AvgIpc) is 3.08. The minimum atomic E-state index is -0.00855. The smallest absolute Gasteiger partial charge is 0.199 e. The molecule has 8 nitrogen and oxygen atoms in total. The molecule has 0 fully saturated rings. The van der Waals surface area contributed by atoms with E-state index >= 15 is 0 Å². The van der Waals surface area contributed by atoms with Crippen LogP contribution in [-0.4, -0.2) is 22.4 Å². The summed E-state index contributed by atoms with van der Waals surface area (Å²) in [6.07, 6.45) is 1.51. The van der Waals surface area contributed by atoms with Crippen LogP contribution in [0.15, 0.2) is 57.3 Å². The van der Waals surface area contributed by atoms with Crippen molar-refractivity contribution >= 4 is 41.1 Å². The van der Waals surface area contributed by atoms with E-state index in [4.69, 9.17) is 39.4 Å². The van der Waals surface area contributed by atoms with Gasteiger partial charge in [-0.05, 0) is 40.1 Å². The number of hydrogen-bond acceptors (Lipinski definition) is 7. The molecule has 0 saturated carbocycles. The van der Waals surface area contributed by atoms with Crippen LogP contribution in [0.1, 0.15) is 16.8 Å². The van der Waals surface area contributed by atoms with Crippen molar-refractivity contribution < 1.29 is 9.37 Å². The number of nitrogens with two attached hydrogens (primary N) is 2. The molecule has 1 aromatic heterocycles. The lowest BCUT2D eigenvalue weighted by Gasteiger charge is -2.09. The number of nitrogens with zero attached hydrogens (tertiary/aromatic N) is 4. The molecular formula is C17H14Cl2N6O2. The first-order valence-electron chi connectivity index (χ1n) is 7.65. The second-order valence-electron chi connectivity index (χ2n) is 5.29. The Kier molecular flexibility index (Phi) is 5.90. The molecule has 0 atom stereocenters. The highest BCUT2D eigenvalue weighted by Crippen LogP contribution is 2.26. The number of aromatic nitrogens is 2. The van der Waals surface area contributed by atoms with Gasteiger partial charge in [0.15, 0.2) is 17.3 Å². The standard InChI is InChI=1S/C17H14Cl2N6O2/c18-13-5-2-6-14(19)12(13)9-26-11-4-1-3-10(7-11)8-22-23-16(20)15-17(21)25-27-24-15/h1-8H,9H2,(H2,20,23)(H2,21,25). The molecular weight excluding hydrogens is 391 g/mol. The molecule has 3 aromatic rings. The summed E-state index contributed by atoms with van der Waals surface area (Å²) >= 11 is 12.3. The Bertz CT molecular complexity index is 982. The molecule has 0 bridgehead atoms. The zero-order valence-corrected chi connectivity index (χ0v) is 15.4. The SMILES string of the molecule is N/C(=N/N=Cc1cccc(OCc2c(Cl)cccc2Cl)c1)c1nonc1N. The quantitative estimate of drug-likeness (QED) is 0.368. The minimum absolute atomic E-state index is 0.00855. The molecule has 0 aliphatic rings. The summed E-state index contributed by atoms with van der Waals surface area (Å²) in [5.74, 6) is 0.655. The summed E-state index contributed by atoms with van der Waals surface area (Å²) in [4.78, 5) is 0. The lowest BCUT2D eigenvalue weighted by Crippen LogP contribution is -2.15. The normalized spacial score (nSPS) is 11.9. The molecule has 4 N–H and O–H groups in total. The molecule has 0 spiro atoms. The molecule has 0 aliphatic carbocycles. The second-order valence-corrected chi connectivity index (χ2v) is 6.10. The average molecular weight is 405 g/mol. The van der Waals surface area contributed by atoms with Crippen molar-refractivity contribution in [3.05, 3.63) is 69.3 Å². The van der Waals surface area contributed by atoms with Gasteiger partial charge in [-0.15, -0.1) is 5.10 Å². The van der Waals surface area contributed by atoms with Gasteiger partial charge >= 0.3 is 0 Å². The minimum Gasteiger partial charge on any atom is -0.489 e. The van der Waals surface area contributed by atoms with Crippen LogP contribution in [0.2, 0.25) is 10.0 Å². The Balaban J connectivity index is 1.68. The van der Waals surface area contributed by atoms with E-state index in [-0.39, 0.29) is 24.0 Å². The lowest BCUT2D eigenvalue weighted by atomic mass is 10.2. The zero-order chi connectivity index (χ0) is 19.2. The fourth-order valence-corrected chi connectivity index (χ4v) is 2.60. The number of ether oxygens (including phenoxy) is 1. The summed E-state index contributed by atoms with van der Waals surface area (Å²) in [6.45, 7) is 0.239. The Morgan fingerprint density at radius 3 is 2.59 bits per heavy atom. The Morgan fingerprint density at radius 1 is 1.15 bits per heavy atom. The van der Waals surface area contributed by atoms with Gasteiger partial charge in [0.1, 0.15) is 12.4 Å². The highest BCUT2D eigenvalue weighted by atomic mass is 35.5. The third-order valence-corrected chi connectivity index (χ3v) is 4.14. The van der Waals surface area contributed by atoms with Crippen molar-refractivity contribution in [2.75, 3.05) is 5.73 Å². The molecule has 0 unspecified atom stereocenters. The lowest BCUT2D eigenvalue weighted by molar-refractivity contribution is 0.306. The number of halogens is 2. The predicted octanol–water partition coefficient (Wildman–Crippen LogP) is 3.28. The van der Waals surface area contributed by atoms with E-state index in [0.29, 0.717) is 15.8 Å². The molecule has 0 saturated heterocycles. The molecule has 10 heteroatoms. The fourth-order valence-electron chi connectivity index (χ4n) is 2.09. The van der Waals surface area contributed by atoms with Crippen LogP contribution in [0.25, 0.3) is 0 Å². The maximum Gasteiger partial charge on any atom is 0.199 e. The summed E-state index contributed by atoms with van der Waals surface area (Å²) < 4.78 is 10.2. The van der Waals surface area contributed by atoms with Gasteiger partial charge in [-0.2, -0.15) is 5.10 Å². The van der Waals surface area contributed by atoms with Gasteiger partial charge in [0.25, 0.3) is 0 Å². The van der Waals surface area contributed by atoms with Gasteiger partial charge in [0, 0.05) is 15.6 Å². The highest BCUT2D eigenvalue weighted by Gasteiger charge is 2.10. The third-order valence-electron chi connectivity index (χ3n) is 3.43. The first kappa shape index (κ1) is 18.7. The van der Waals surface area contributed by atoms with Gasteiger partial charge in [0.05, 0.1) is 6.21 Å². The van der Waals surface area contributed by atoms with E-state index in [2.05, 4.69) is 25.1 Å². The van der Waals surface area contributed by atoms with Crippen molar-refractivity contribution in [3.63, 3.8) is 0 Å². The van der Waals surface area contributed by atoms with Crippen molar-refractivity contribution in [3.8, 4) is 5.75 Å². The largest absolute Gasteiger partial charge is 0.489 e. The van der Waals surface area contributed by atoms with Crippen LogP contribution in [0.3, 0.4) is 0 Å². The summed E-state index contributed by atoms with van der Waals surface area (Å²) in [6, 6.07) is 12.5. The molecule has 0 aliphatic heterocycles. The second kappa shape index (κ2) is 8.52. The fraction of sp³-hybridized carbons (Fsp3) is 0.0588. The van der Waals surface area contributed by atoms with Gasteiger partial charge in [-0.1, -0.05) is 41.4 Å². The summed E-state index contributed by atoms with van der Waals surface area (Å²) in [5.41, 5.74) is 12.9.